The van der Waals surface area contributed by atoms with Gasteiger partial charge in [-0.25, -0.2) is 13.1 Å². The van der Waals surface area contributed by atoms with Crippen LogP contribution in [0, 0.1) is 0 Å². The Labute approximate surface area is 118 Å². The maximum Gasteiger partial charge on any atom is 0.244 e. The molecule has 18 heavy (non-hydrogen) atoms. The van der Waals surface area contributed by atoms with Crippen molar-refractivity contribution in [2.75, 3.05) is 25.7 Å². The van der Waals surface area contributed by atoms with Gasteiger partial charge in [0, 0.05) is 33.8 Å². The minimum absolute atomic E-state index is 0.0567. The molecule has 1 aromatic carbocycles. The number of sulfonamides is 1. The van der Waals surface area contributed by atoms with E-state index in [1.54, 1.807) is 12.1 Å². The molecule has 0 spiro atoms. The number of hydrogen-bond acceptors (Lipinski definition) is 4. The van der Waals surface area contributed by atoms with Crippen LogP contribution >= 0.6 is 15.9 Å². The van der Waals surface area contributed by atoms with Gasteiger partial charge in [-0.3, -0.25) is 4.21 Å². The monoisotopic (exact) mass is 355 g/mol. The van der Waals surface area contributed by atoms with Crippen molar-refractivity contribution in [1.29, 1.82) is 0 Å². The summed E-state index contributed by atoms with van der Waals surface area (Å²) in [6, 6.07) is 4.72. The lowest BCUT2D eigenvalue weighted by atomic mass is 10.3. The van der Waals surface area contributed by atoms with Crippen molar-refractivity contribution < 1.29 is 17.4 Å². The molecular weight excluding hydrogens is 342 g/mol. The number of halogens is 1. The molecule has 0 saturated carbocycles. The second-order valence-electron chi connectivity index (χ2n) is 3.47. The van der Waals surface area contributed by atoms with Crippen molar-refractivity contribution in [1.82, 2.24) is 4.72 Å². The van der Waals surface area contributed by atoms with Gasteiger partial charge in [-0.05, 0) is 18.2 Å². The average molecular weight is 356 g/mol. The highest BCUT2D eigenvalue weighted by molar-refractivity contribution is 9.10. The van der Waals surface area contributed by atoms with E-state index in [9.17, 15) is 12.6 Å². The molecule has 1 unspecified atom stereocenters. The lowest BCUT2D eigenvalue weighted by Crippen LogP contribution is -2.28. The normalized spacial score (nSPS) is 13.3. The van der Waals surface area contributed by atoms with Crippen LogP contribution in [0.1, 0.15) is 0 Å². The largest absolute Gasteiger partial charge is 0.495 e. The minimum atomic E-state index is -3.66. The maximum absolute atomic E-state index is 12.0. The van der Waals surface area contributed by atoms with Crippen LogP contribution in [0.4, 0.5) is 0 Å². The standard InChI is InChI=1S/C10H14BrNO4S2/c1-16-9-4-3-8(11)7-10(9)18(14,15)12-5-6-17(2)13/h3-4,7,12H,5-6H2,1-2H3. The molecule has 0 heterocycles. The van der Waals surface area contributed by atoms with E-state index in [1.807, 2.05) is 0 Å². The molecule has 1 atom stereocenters. The van der Waals surface area contributed by atoms with Crippen LogP contribution in [0.25, 0.3) is 0 Å². The highest BCUT2D eigenvalue weighted by Crippen LogP contribution is 2.26. The van der Waals surface area contributed by atoms with Gasteiger partial charge >= 0.3 is 0 Å². The molecule has 0 aliphatic rings. The fourth-order valence-electron chi connectivity index (χ4n) is 1.26. The summed E-state index contributed by atoms with van der Waals surface area (Å²) in [5, 5.41) is 0. The highest BCUT2D eigenvalue weighted by atomic mass is 79.9. The van der Waals surface area contributed by atoms with Gasteiger partial charge in [0.2, 0.25) is 10.0 Å². The zero-order valence-electron chi connectivity index (χ0n) is 9.97. The average Bonchev–Trinajstić information content (AvgIpc) is 2.28. The zero-order chi connectivity index (χ0) is 13.8. The predicted octanol–water partition coefficient (Wildman–Crippen LogP) is 1.11. The molecule has 1 aromatic rings. The summed E-state index contributed by atoms with van der Waals surface area (Å²) < 4.78 is 43.0. The number of rotatable bonds is 6. The van der Waals surface area contributed by atoms with Crippen molar-refractivity contribution in [3.8, 4) is 5.75 Å². The maximum atomic E-state index is 12.0. The van der Waals surface area contributed by atoms with Crippen molar-refractivity contribution in [2.45, 2.75) is 4.90 Å². The van der Waals surface area contributed by atoms with Crippen molar-refractivity contribution in [3.63, 3.8) is 0 Å². The second kappa shape index (κ2) is 6.65. The van der Waals surface area contributed by atoms with Gasteiger partial charge in [-0.15, -0.1) is 0 Å². The summed E-state index contributed by atoms with van der Waals surface area (Å²) >= 11 is 3.21. The number of benzene rings is 1. The number of nitrogens with one attached hydrogen (secondary N) is 1. The topological polar surface area (TPSA) is 72.5 Å². The molecule has 0 saturated heterocycles. The van der Waals surface area contributed by atoms with Crippen LogP contribution in [0.2, 0.25) is 0 Å². The molecule has 0 bridgehead atoms. The zero-order valence-corrected chi connectivity index (χ0v) is 13.2. The second-order valence-corrected chi connectivity index (χ2v) is 7.68. The summed E-state index contributed by atoms with van der Waals surface area (Å²) in [5.41, 5.74) is 0. The summed E-state index contributed by atoms with van der Waals surface area (Å²) in [6.07, 6.45) is 1.52. The molecule has 102 valence electrons. The van der Waals surface area contributed by atoms with Crippen LogP contribution in [0.5, 0.6) is 5.75 Å². The molecule has 1 rings (SSSR count). The van der Waals surface area contributed by atoms with Crippen LogP contribution in [0.3, 0.4) is 0 Å². The SMILES string of the molecule is COc1ccc(Br)cc1S(=O)(=O)NCCS(C)=O. The van der Waals surface area contributed by atoms with Gasteiger partial charge in [0.25, 0.3) is 0 Å². The van der Waals surface area contributed by atoms with Gasteiger partial charge < -0.3 is 4.74 Å². The molecule has 0 fully saturated rings. The third-order valence-corrected chi connectivity index (χ3v) is 4.85. The van der Waals surface area contributed by atoms with E-state index in [2.05, 4.69) is 20.7 Å². The summed E-state index contributed by atoms with van der Waals surface area (Å²) in [5.74, 6) is 0.540. The molecule has 0 aromatic heterocycles. The number of methoxy groups -OCH3 is 1. The predicted molar refractivity (Wildman–Crippen MR) is 74.8 cm³/mol. The molecule has 1 N–H and O–H groups in total. The first kappa shape index (κ1) is 15.6. The summed E-state index contributed by atoms with van der Waals surface area (Å²) in [4.78, 5) is 0.0567. The lowest BCUT2D eigenvalue weighted by Gasteiger charge is -2.10. The Bertz CT molecular complexity index is 545. The van der Waals surface area contributed by atoms with Crippen LogP contribution < -0.4 is 9.46 Å². The number of ether oxygens (including phenoxy) is 1. The Morgan fingerprint density at radius 3 is 2.67 bits per heavy atom. The molecule has 0 aliphatic carbocycles. The Morgan fingerprint density at radius 2 is 2.11 bits per heavy atom. The van der Waals surface area contributed by atoms with Crippen molar-refractivity contribution in [2.24, 2.45) is 0 Å². The Morgan fingerprint density at radius 1 is 1.44 bits per heavy atom. The van der Waals surface area contributed by atoms with Crippen LogP contribution in [-0.2, 0) is 20.8 Å². The fraction of sp³-hybridized carbons (Fsp3) is 0.400. The molecule has 0 radical (unpaired) electrons. The fourth-order valence-corrected chi connectivity index (χ4v) is 3.51. The van der Waals surface area contributed by atoms with Gasteiger partial charge in [-0.2, -0.15) is 0 Å². The molecule has 0 amide bonds. The third kappa shape index (κ3) is 4.34. The number of hydrogen-bond donors (Lipinski definition) is 1. The molecule has 5 nitrogen and oxygen atoms in total. The smallest absolute Gasteiger partial charge is 0.244 e. The first-order valence-corrected chi connectivity index (χ1v) is 9.00. The first-order valence-electron chi connectivity index (χ1n) is 5.00. The highest BCUT2D eigenvalue weighted by Gasteiger charge is 2.19. The Kier molecular flexibility index (Phi) is 5.77. The van der Waals surface area contributed by atoms with Gasteiger partial charge in [0.1, 0.15) is 10.6 Å². The van der Waals surface area contributed by atoms with Gasteiger partial charge in [0.05, 0.1) is 7.11 Å². The lowest BCUT2D eigenvalue weighted by molar-refractivity contribution is 0.402. The van der Waals surface area contributed by atoms with Crippen molar-refractivity contribution in [3.05, 3.63) is 22.7 Å². The Balaban J connectivity index is 2.97. The minimum Gasteiger partial charge on any atom is -0.495 e. The third-order valence-electron chi connectivity index (χ3n) is 2.10. The Hall–Kier alpha value is -0.440. The van der Waals surface area contributed by atoms with Gasteiger partial charge in [-0.1, -0.05) is 15.9 Å². The van der Waals surface area contributed by atoms with E-state index < -0.39 is 20.8 Å². The first-order chi connectivity index (χ1) is 8.36. The summed E-state index contributed by atoms with van der Waals surface area (Å²) in [7, 11) is -3.29. The van der Waals surface area contributed by atoms with E-state index in [0.717, 1.165) is 0 Å². The van der Waals surface area contributed by atoms with E-state index in [-0.39, 0.29) is 22.9 Å². The van der Waals surface area contributed by atoms with Crippen LogP contribution in [0.15, 0.2) is 27.6 Å². The van der Waals surface area contributed by atoms with Crippen molar-refractivity contribution >= 4 is 36.8 Å². The van der Waals surface area contributed by atoms with E-state index in [0.29, 0.717) is 4.47 Å². The molecular formula is C10H14BrNO4S2. The van der Waals surface area contributed by atoms with Crippen LogP contribution in [-0.4, -0.2) is 38.3 Å². The quantitative estimate of drug-likeness (QED) is 0.829. The molecule has 8 heteroatoms. The van der Waals surface area contributed by atoms with E-state index in [1.165, 1.54) is 19.4 Å². The summed E-state index contributed by atoms with van der Waals surface area (Å²) in [6.45, 7) is 0.126. The molecule has 0 aliphatic heterocycles. The van der Waals surface area contributed by atoms with E-state index >= 15 is 0 Å². The van der Waals surface area contributed by atoms with E-state index in [4.69, 9.17) is 4.74 Å². The van der Waals surface area contributed by atoms with Gasteiger partial charge in [0.15, 0.2) is 0 Å².